The molecule has 1 saturated heterocycles. The molecule has 4 heterocycles. The van der Waals surface area contributed by atoms with Crippen LogP contribution in [0.1, 0.15) is 61.3 Å². The van der Waals surface area contributed by atoms with Gasteiger partial charge in [0.15, 0.2) is 0 Å². The highest BCUT2D eigenvalue weighted by Crippen LogP contribution is 2.34. The van der Waals surface area contributed by atoms with Crippen LogP contribution in [0.5, 0.6) is 0 Å². The van der Waals surface area contributed by atoms with E-state index in [9.17, 15) is 4.79 Å². The number of piperidine rings is 1. The Kier molecular flexibility index (Phi) is 5.03. The summed E-state index contributed by atoms with van der Waals surface area (Å²) < 4.78 is 2.14. The van der Waals surface area contributed by atoms with Gasteiger partial charge in [-0.25, -0.2) is 4.98 Å². The van der Waals surface area contributed by atoms with Crippen LogP contribution in [0, 0.1) is 6.92 Å². The molecule has 0 spiro atoms. The maximum atomic E-state index is 12.9. The zero-order valence-corrected chi connectivity index (χ0v) is 17.6. The number of hydrogen-bond donors (Lipinski definition) is 1. The van der Waals surface area contributed by atoms with E-state index in [0.29, 0.717) is 11.5 Å². The Bertz CT molecular complexity index is 1030. The van der Waals surface area contributed by atoms with Gasteiger partial charge in [-0.1, -0.05) is 6.07 Å². The number of aromatic nitrogens is 3. The van der Waals surface area contributed by atoms with Crippen molar-refractivity contribution in [2.75, 3.05) is 18.4 Å². The molecule has 3 aromatic heterocycles. The van der Waals surface area contributed by atoms with Crippen molar-refractivity contribution in [3.8, 4) is 0 Å². The Morgan fingerprint density at radius 2 is 1.90 bits per heavy atom. The molecule has 0 radical (unpaired) electrons. The summed E-state index contributed by atoms with van der Waals surface area (Å²) in [6.07, 6.45) is 5.61. The predicted molar refractivity (Wildman–Crippen MR) is 115 cm³/mol. The van der Waals surface area contributed by atoms with Crippen LogP contribution in [0.2, 0.25) is 0 Å². The van der Waals surface area contributed by atoms with Gasteiger partial charge in [0.2, 0.25) is 0 Å². The van der Waals surface area contributed by atoms with Crippen molar-refractivity contribution in [2.24, 2.45) is 0 Å². The van der Waals surface area contributed by atoms with Crippen molar-refractivity contribution in [2.45, 2.75) is 52.0 Å². The second kappa shape index (κ2) is 7.50. The minimum atomic E-state index is -0.0605. The van der Waals surface area contributed by atoms with Gasteiger partial charge in [0.1, 0.15) is 11.5 Å². The molecule has 0 bridgehead atoms. The lowest BCUT2D eigenvalue weighted by Crippen LogP contribution is -2.38. The lowest BCUT2D eigenvalue weighted by molar-refractivity contribution is 0.0711. The van der Waals surface area contributed by atoms with Crippen LogP contribution >= 0.6 is 0 Å². The summed E-state index contributed by atoms with van der Waals surface area (Å²) in [7, 11) is 0. The summed E-state index contributed by atoms with van der Waals surface area (Å²) in [5, 5.41) is 3.65. The number of hydrogen-bond acceptors (Lipinski definition) is 4. The van der Waals surface area contributed by atoms with Gasteiger partial charge in [0, 0.05) is 42.6 Å². The zero-order valence-electron chi connectivity index (χ0n) is 17.6. The summed E-state index contributed by atoms with van der Waals surface area (Å²) in [5.74, 6) is 1.48. The van der Waals surface area contributed by atoms with Gasteiger partial charge in [-0.15, -0.1) is 0 Å². The van der Waals surface area contributed by atoms with Crippen LogP contribution in [0.3, 0.4) is 0 Å². The van der Waals surface area contributed by atoms with Gasteiger partial charge in [-0.05, 0) is 64.8 Å². The molecule has 0 unspecified atom stereocenters. The van der Waals surface area contributed by atoms with E-state index < -0.39 is 0 Å². The number of carbonyl (C=O) groups is 1. The van der Waals surface area contributed by atoms with E-state index in [0.717, 1.165) is 48.8 Å². The molecule has 152 valence electrons. The van der Waals surface area contributed by atoms with Crippen LogP contribution in [-0.2, 0) is 0 Å². The minimum Gasteiger partial charge on any atom is -0.365 e. The number of likely N-dealkylation sites (tertiary alicyclic amines) is 1. The summed E-state index contributed by atoms with van der Waals surface area (Å²) in [6.45, 7) is 9.85. The van der Waals surface area contributed by atoms with Crippen molar-refractivity contribution in [3.63, 3.8) is 0 Å². The van der Waals surface area contributed by atoms with Crippen LogP contribution in [0.15, 0.2) is 42.7 Å². The molecule has 1 amide bonds. The lowest BCUT2D eigenvalue weighted by atomic mass is 9.92. The van der Waals surface area contributed by atoms with E-state index in [1.807, 2.05) is 42.2 Å². The molecule has 6 nitrogen and oxygen atoms in total. The van der Waals surface area contributed by atoms with E-state index >= 15 is 0 Å². The van der Waals surface area contributed by atoms with E-state index in [2.05, 4.69) is 41.7 Å². The van der Waals surface area contributed by atoms with Crippen molar-refractivity contribution in [3.05, 3.63) is 59.7 Å². The molecular weight excluding hydrogens is 362 g/mol. The Hall–Kier alpha value is -2.89. The average Bonchev–Trinajstić information content (AvgIpc) is 3.05. The Morgan fingerprint density at radius 1 is 1.14 bits per heavy atom. The van der Waals surface area contributed by atoms with E-state index in [4.69, 9.17) is 4.98 Å². The van der Waals surface area contributed by atoms with Crippen LogP contribution in [-0.4, -0.2) is 43.8 Å². The third-order valence-electron chi connectivity index (χ3n) is 5.46. The fourth-order valence-corrected chi connectivity index (χ4v) is 4.01. The second-order valence-corrected chi connectivity index (χ2v) is 8.85. The SMILES string of the molecule is Cc1ncccc1C(=O)N1CCC(c2nc3ccccn3c2NC(C)(C)C)CC1. The number of anilines is 1. The average molecular weight is 392 g/mol. The molecule has 0 saturated carbocycles. The standard InChI is InChI=1S/C23H29N5O/c1-16-18(8-7-12-24-16)22(29)27-14-10-17(11-15-27)20-21(26-23(2,3)4)28-13-6-5-9-19(28)25-20/h5-9,12-13,17,26H,10-11,14-15H2,1-4H3. The molecule has 1 N–H and O–H groups in total. The smallest absolute Gasteiger partial charge is 0.255 e. The number of carbonyl (C=O) groups excluding carboxylic acids is 1. The number of rotatable bonds is 3. The predicted octanol–water partition coefficient (Wildman–Crippen LogP) is 4.27. The molecule has 6 heteroatoms. The fraction of sp³-hybridized carbons (Fsp3) is 0.435. The Labute approximate surface area is 172 Å². The molecule has 1 fully saturated rings. The summed E-state index contributed by atoms with van der Waals surface area (Å²) in [6, 6.07) is 9.79. The highest BCUT2D eigenvalue weighted by molar-refractivity contribution is 5.95. The number of nitrogens with zero attached hydrogens (tertiary/aromatic N) is 4. The van der Waals surface area contributed by atoms with Gasteiger partial charge in [-0.3, -0.25) is 14.2 Å². The van der Waals surface area contributed by atoms with Gasteiger partial charge in [0.05, 0.1) is 11.3 Å². The Morgan fingerprint density at radius 3 is 2.59 bits per heavy atom. The summed E-state index contributed by atoms with van der Waals surface area (Å²) in [4.78, 5) is 24.1. The molecule has 1 aliphatic rings. The molecule has 0 atom stereocenters. The summed E-state index contributed by atoms with van der Waals surface area (Å²) >= 11 is 0. The minimum absolute atomic E-state index is 0.0605. The second-order valence-electron chi connectivity index (χ2n) is 8.85. The number of nitrogens with one attached hydrogen (secondary N) is 1. The van der Waals surface area contributed by atoms with E-state index in [1.54, 1.807) is 6.20 Å². The van der Waals surface area contributed by atoms with Crippen molar-refractivity contribution in [1.82, 2.24) is 19.3 Å². The monoisotopic (exact) mass is 391 g/mol. The first-order valence-corrected chi connectivity index (χ1v) is 10.3. The molecule has 4 rings (SSSR count). The zero-order chi connectivity index (χ0) is 20.6. The number of aryl methyl sites for hydroxylation is 1. The number of fused-ring (bicyclic) bond motifs is 1. The maximum Gasteiger partial charge on any atom is 0.255 e. The van der Waals surface area contributed by atoms with Gasteiger partial charge >= 0.3 is 0 Å². The Balaban J connectivity index is 1.56. The quantitative estimate of drug-likeness (QED) is 0.724. The van der Waals surface area contributed by atoms with Crippen molar-refractivity contribution < 1.29 is 4.79 Å². The van der Waals surface area contributed by atoms with Gasteiger partial charge in [-0.2, -0.15) is 0 Å². The number of amides is 1. The van der Waals surface area contributed by atoms with Gasteiger partial charge in [0.25, 0.3) is 5.91 Å². The largest absolute Gasteiger partial charge is 0.365 e. The van der Waals surface area contributed by atoms with Crippen LogP contribution < -0.4 is 5.32 Å². The molecule has 3 aromatic rings. The van der Waals surface area contributed by atoms with Crippen LogP contribution in [0.4, 0.5) is 5.82 Å². The third kappa shape index (κ3) is 3.97. The molecule has 29 heavy (non-hydrogen) atoms. The first kappa shape index (κ1) is 19.4. The van der Waals surface area contributed by atoms with Crippen LogP contribution in [0.25, 0.3) is 5.65 Å². The first-order chi connectivity index (χ1) is 13.8. The molecule has 1 aliphatic heterocycles. The third-order valence-corrected chi connectivity index (χ3v) is 5.46. The topological polar surface area (TPSA) is 62.5 Å². The molecule has 0 aromatic carbocycles. The maximum absolute atomic E-state index is 12.9. The highest BCUT2D eigenvalue weighted by Gasteiger charge is 2.30. The molecular formula is C23H29N5O. The number of pyridine rings is 2. The summed E-state index contributed by atoms with van der Waals surface area (Å²) in [5.41, 5.74) is 3.50. The lowest BCUT2D eigenvalue weighted by Gasteiger charge is -2.32. The fourth-order valence-electron chi connectivity index (χ4n) is 4.01. The van der Waals surface area contributed by atoms with E-state index in [-0.39, 0.29) is 11.4 Å². The van der Waals surface area contributed by atoms with E-state index in [1.165, 1.54) is 0 Å². The van der Waals surface area contributed by atoms with Gasteiger partial charge < -0.3 is 10.2 Å². The normalized spacial score (nSPS) is 15.7. The number of imidazole rings is 1. The molecule has 0 aliphatic carbocycles. The first-order valence-electron chi connectivity index (χ1n) is 10.3. The van der Waals surface area contributed by atoms with Crippen molar-refractivity contribution in [1.29, 1.82) is 0 Å². The van der Waals surface area contributed by atoms with Crippen molar-refractivity contribution >= 4 is 17.4 Å². The highest BCUT2D eigenvalue weighted by atomic mass is 16.2.